The van der Waals surface area contributed by atoms with E-state index in [1.807, 2.05) is 19.1 Å². The molecule has 4 rings (SSSR count). The number of rotatable bonds is 4. The zero-order chi connectivity index (χ0) is 17.2. The first-order chi connectivity index (χ1) is 12.3. The van der Waals surface area contributed by atoms with Crippen LogP contribution in [0.5, 0.6) is 5.75 Å². The van der Waals surface area contributed by atoms with E-state index in [1.54, 1.807) is 12.4 Å². The van der Waals surface area contributed by atoms with Gasteiger partial charge in [0, 0.05) is 11.9 Å². The average Bonchev–Trinajstić information content (AvgIpc) is 3.11. The van der Waals surface area contributed by atoms with Crippen LogP contribution in [0.2, 0.25) is 0 Å². The van der Waals surface area contributed by atoms with Gasteiger partial charge in [-0.1, -0.05) is 12.1 Å². The molecule has 1 unspecified atom stereocenters. The summed E-state index contributed by atoms with van der Waals surface area (Å²) in [6.45, 7) is 3.54. The van der Waals surface area contributed by atoms with Crippen LogP contribution in [0.15, 0.2) is 48.8 Å². The van der Waals surface area contributed by atoms with Gasteiger partial charge in [0.15, 0.2) is 0 Å². The van der Waals surface area contributed by atoms with Crippen molar-refractivity contribution in [3.05, 3.63) is 60.2 Å². The molecule has 2 aromatic carbocycles. The van der Waals surface area contributed by atoms with Crippen molar-refractivity contribution in [3.63, 3.8) is 0 Å². The summed E-state index contributed by atoms with van der Waals surface area (Å²) < 4.78 is 19.3. The van der Waals surface area contributed by atoms with Crippen molar-refractivity contribution in [3.8, 4) is 5.75 Å². The Labute approximate surface area is 146 Å². The number of hydrogen-bond acceptors (Lipinski definition) is 4. The van der Waals surface area contributed by atoms with Crippen LogP contribution in [0, 0.1) is 5.82 Å². The standard InChI is InChI=1S/C20H20FN3O/c1-2-25-16-8-5-14(6-9-16)19-4-3-11-24(19)20-17-12-15(21)7-10-18(17)22-13-23-20/h5-10,12-13,19H,2-4,11H2,1H3. The lowest BCUT2D eigenvalue weighted by Crippen LogP contribution is -2.24. The second-order valence-electron chi connectivity index (χ2n) is 6.21. The molecule has 3 aromatic rings. The minimum atomic E-state index is -0.264. The highest BCUT2D eigenvalue weighted by molar-refractivity contribution is 5.89. The Morgan fingerprint density at radius 2 is 2.00 bits per heavy atom. The van der Waals surface area contributed by atoms with Crippen LogP contribution >= 0.6 is 0 Å². The third kappa shape index (κ3) is 3.02. The summed E-state index contributed by atoms with van der Waals surface area (Å²) in [5.41, 5.74) is 1.99. The van der Waals surface area contributed by atoms with Gasteiger partial charge in [0.25, 0.3) is 0 Å². The fourth-order valence-corrected chi connectivity index (χ4v) is 3.56. The minimum Gasteiger partial charge on any atom is -0.494 e. The fraction of sp³-hybridized carbons (Fsp3) is 0.300. The number of fused-ring (bicyclic) bond motifs is 1. The van der Waals surface area contributed by atoms with E-state index in [0.717, 1.165) is 41.9 Å². The first-order valence-corrected chi connectivity index (χ1v) is 8.66. The predicted molar refractivity (Wildman–Crippen MR) is 96.4 cm³/mol. The van der Waals surface area contributed by atoms with Gasteiger partial charge in [0.2, 0.25) is 0 Å². The summed E-state index contributed by atoms with van der Waals surface area (Å²) in [6.07, 6.45) is 3.69. The van der Waals surface area contributed by atoms with E-state index in [9.17, 15) is 4.39 Å². The van der Waals surface area contributed by atoms with E-state index in [4.69, 9.17) is 4.74 Å². The highest BCUT2D eigenvalue weighted by Gasteiger charge is 2.28. The Bertz CT molecular complexity index is 882. The Morgan fingerprint density at radius 3 is 2.80 bits per heavy atom. The highest BCUT2D eigenvalue weighted by atomic mass is 19.1. The monoisotopic (exact) mass is 337 g/mol. The molecule has 1 aliphatic rings. The van der Waals surface area contributed by atoms with E-state index in [-0.39, 0.29) is 11.9 Å². The molecule has 0 aliphatic carbocycles. The minimum absolute atomic E-state index is 0.233. The topological polar surface area (TPSA) is 38.2 Å². The van der Waals surface area contributed by atoms with Gasteiger partial charge in [-0.05, 0) is 55.7 Å². The number of halogens is 1. The summed E-state index contributed by atoms with van der Waals surface area (Å²) in [5.74, 6) is 1.42. The lowest BCUT2D eigenvalue weighted by molar-refractivity contribution is 0.340. The highest BCUT2D eigenvalue weighted by Crippen LogP contribution is 2.38. The van der Waals surface area contributed by atoms with Gasteiger partial charge in [0.05, 0.1) is 18.2 Å². The van der Waals surface area contributed by atoms with Gasteiger partial charge in [-0.25, -0.2) is 14.4 Å². The Hall–Kier alpha value is -2.69. The Kier molecular flexibility index (Phi) is 4.22. The van der Waals surface area contributed by atoms with Gasteiger partial charge in [0.1, 0.15) is 23.7 Å². The van der Waals surface area contributed by atoms with Crippen LogP contribution in [-0.4, -0.2) is 23.1 Å². The molecule has 25 heavy (non-hydrogen) atoms. The van der Waals surface area contributed by atoms with Crippen molar-refractivity contribution >= 4 is 16.7 Å². The zero-order valence-corrected chi connectivity index (χ0v) is 14.2. The summed E-state index contributed by atoms with van der Waals surface area (Å²) in [6, 6.07) is 13.1. The summed E-state index contributed by atoms with van der Waals surface area (Å²) in [7, 11) is 0. The molecule has 1 fully saturated rings. The number of anilines is 1. The van der Waals surface area contributed by atoms with E-state index < -0.39 is 0 Å². The van der Waals surface area contributed by atoms with Crippen LogP contribution in [0.25, 0.3) is 10.9 Å². The SMILES string of the molecule is CCOc1ccc(C2CCCN2c2ncnc3ccc(F)cc23)cc1. The molecule has 0 radical (unpaired) electrons. The largest absolute Gasteiger partial charge is 0.494 e. The number of ether oxygens (including phenoxy) is 1. The molecule has 0 N–H and O–H groups in total. The van der Waals surface area contributed by atoms with Gasteiger partial charge < -0.3 is 9.64 Å². The maximum atomic E-state index is 13.8. The predicted octanol–water partition coefficient (Wildman–Crippen LogP) is 4.51. The van der Waals surface area contributed by atoms with Crippen LogP contribution in [0.4, 0.5) is 10.2 Å². The molecule has 4 nitrogen and oxygen atoms in total. The smallest absolute Gasteiger partial charge is 0.140 e. The molecular weight excluding hydrogens is 317 g/mol. The summed E-state index contributed by atoms with van der Waals surface area (Å²) >= 11 is 0. The van der Waals surface area contributed by atoms with Crippen molar-refractivity contribution in [2.24, 2.45) is 0 Å². The molecule has 0 spiro atoms. The Balaban J connectivity index is 1.71. The maximum Gasteiger partial charge on any atom is 0.140 e. The van der Waals surface area contributed by atoms with Gasteiger partial charge in [-0.15, -0.1) is 0 Å². The molecule has 0 saturated carbocycles. The number of benzene rings is 2. The van der Waals surface area contributed by atoms with E-state index in [2.05, 4.69) is 27.0 Å². The van der Waals surface area contributed by atoms with Crippen molar-refractivity contribution in [2.75, 3.05) is 18.1 Å². The number of aromatic nitrogens is 2. The quantitative estimate of drug-likeness (QED) is 0.702. The van der Waals surface area contributed by atoms with Crippen LogP contribution in [0.1, 0.15) is 31.4 Å². The van der Waals surface area contributed by atoms with Crippen molar-refractivity contribution in [1.82, 2.24) is 9.97 Å². The second kappa shape index (κ2) is 6.67. The normalized spacial score (nSPS) is 17.2. The molecular formula is C20H20FN3O. The molecule has 128 valence electrons. The first-order valence-electron chi connectivity index (χ1n) is 8.66. The van der Waals surface area contributed by atoms with Gasteiger partial charge >= 0.3 is 0 Å². The van der Waals surface area contributed by atoms with Gasteiger partial charge in [-0.2, -0.15) is 0 Å². The third-order valence-electron chi connectivity index (χ3n) is 4.68. The summed E-state index contributed by atoms with van der Waals surface area (Å²) in [4.78, 5) is 11.0. The van der Waals surface area contributed by atoms with Crippen molar-refractivity contribution in [2.45, 2.75) is 25.8 Å². The summed E-state index contributed by atoms with van der Waals surface area (Å²) in [5, 5.41) is 0.764. The number of hydrogen-bond donors (Lipinski definition) is 0. The van der Waals surface area contributed by atoms with Crippen molar-refractivity contribution < 1.29 is 9.13 Å². The molecule has 2 heterocycles. The van der Waals surface area contributed by atoms with Crippen molar-refractivity contribution in [1.29, 1.82) is 0 Å². The fourth-order valence-electron chi connectivity index (χ4n) is 3.56. The third-order valence-corrected chi connectivity index (χ3v) is 4.68. The molecule has 5 heteroatoms. The molecule has 1 aliphatic heterocycles. The zero-order valence-electron chi connectivity index (χ0n) is 14.2. The number of nitrogens with zero attached hydrogens (tertiary/aromatic N) is 3. The van der Waals surface area contributed by atoms with E-state index >= 15 is 0 Å². The molecule has 1 aromatic heterocycles. The van der Waals surface area contributed by atoms with Gasteiger partial charge in [-0.3, -0.25) is 0 Å². The lowest BCUT2D eigenvalue weighted by atomic mass is 10.0. The van der Waals surface area contributed by atoms with E-state index in [0.29, 0.717) is 6.61 Å². The van der Waals surface area contributed by atoms with Crippen LogP contribution in [-0.2, 0) is 0 Å². The molecule has 1 atom stereocenters. The van der Waals surface area contributed by atoms with E-state index in [1.165, 1.54) is 17.7 Å². The van der Waals surface area contributed by atoms with Crippen LogP contribution < -0.4 is 9.64 Å². The van der Waals surface area contributed by atoms with Crippen LogP contribution in [0.3, 0.4) is 0 Å². The molecule has 0 bridgehead atoms. The molecule has 0 amide bonds. The Morgan fingerprint density at radius 1 is 1.16 bits per heavy atom. The first kappa shape index (κ1) is 15.8. The average molecular weight is 337 g/mol. The second-order valence-corrected chi connectivity index (χ2v) is 6.21. The lowest BCUT2D eigenvalue weighted by Gasteiger charge is -2.27. The maximum absolute atomic E-state index is 13.8. The molecule has 1 saturated heterocycles.